The van der Waals surface area contributed by atoms with Gasteiger partial charge in [0, 0.05) is 51.1 Å². The van der Waals surface area contributed by atoms with E-state index < -0.39 is 17.5 Å². The fourth-order valence-corrected chi connectivity index (χ4v) is 3.15. The molecule has 1 aromatic heterocycles. The first-order chi connectivity index (χ1) is 15.3. The molecule has 0 fully saturated rings. The molecule has 2 aromatic rings. The number of benzene rings is 1. The standard InChI is InChI=1S/C22H25BrF2N6O/c1-5-7-8-9-29-30(4)20-18(10-17(24)11-19(20)25)21(32)31(6-2)15(3)12-26-22-27-13-16(23)14-28-22/h9-11,13-15H,5-6,12H2,1-4H3,(H,26,27,28)/b29-9-/t15-/m0/s1. The Labute approximate surface area is 195 Å². The average Bonchev–Trinajstić information content (AvgIpc) is 2.76. The third-order valence-electron chi connectivity index (χ3n) is 4.47. The summed E-state index contributed by atoms with van der Waals surface area (Å²) < 4.78 is 29.4. The zero-order chi connectivity index (χ0) is 23.7. The molecular weight excluding hydrogens is 482 g/mol. The van der Waals surface area contributed by atoms with Gasteiger partial charge in [-0.15, -0.1) is 0 Å². The molecule has 0 aliphatic carbocycles. The zero-order valence-corrected chi connectivity index (χ0v) is 19.9. The maximum absolute atomic E-state index is 14.7. The smallest absolute Gasteiger partial charge is 0.256 e. The Morgan fingerprint density at radius 1 is 1.31 bits per heavy atom. The van der Waals surface area contributed by atoms with E-state index in [4.69, 9.17) is 0 Å². The fourth-order valence-electron chi connectivity index (χ4n) is 2.94. The Bertz CT molecular complexity index is 1020. The second-order valence-corrected chi connectivity index (χ2v) is 7.69. The number of halogens is 3. The lowest BCUT2D eigenvalue weighted by atomic mass is 10.1. The predicted molar refractivity (Wildman–Crippen MR) is 126 cm³/mol. The molecule has 0 aliphatic rings. The third kappa shape index (κ3) is 6.72. The van der Waals surface area contributed by atoms with Crippen molar-refractivity contribution in [1.29, 1.82) is 0 Å². The summed E-state index contributed by atoms with van der Waals surface area (Å²) in [5.74, 6) is 3.67. The molecule has 170 valence electrons. The Kier molecular flexibility index (Phi) is 9.53. The molecule has 2 rings (SSSR count). The lowest BCUT2D eigenvalue weighted by Gasteiger charge is -2.30. The minimum absolute atomic E-state index is 0.124. The number of aromatic nitrogens is 2. The van der Waals surface area contributed by atoms with Gasteiger partial charge in [0.2, 0.25) is 5.95 Å². The van der Waals surface area contributed by atoms with Crippen LogP contribution in [0.15, 0.2) is 34.1 Å². The first-order valence-corrected chi connectivity index (χ1v) is 10.8. The Hall–Kier alpha value is -3.06. The first kappa shape index (κ1) is 25.2. The number of nitrogens with one attached hydrogen (secondary N) is 1. The van der Waals surface area contributed by atoms with Crippen molar-refractivity contribution >= 4 is 39.7 Å². The number of hydrazone groups is 1. The molecule has 1 atom stereocenters. The van der Waals surface area contributed by atoms with E-state index in [0.717, 1.165) is 16.6 Å². The van der Waals surface area contributed by atoms with Gasteiger partial charge in [-0.05, 0) is 35.8 Å². The molecule has 0 spiro atoms. The van der Waals surface area contributed by atoms with Gasteiger partial charge in [0.15, 0.2) is 5.82 Å². The van der Waals surface area contributed by atoms with E-state index in [1.165, 1.54) is 23.2 Å². The number of carbonyl (C=O) groups is 1. The van der Waals surface area contributed by atoms with Crippen LogP contribution in [0, 0.1) is 23.5 Å². The lowest BCUT2D eigenvalue weighted by Crippen LogP contribution is -2.42. The van der Waals surface area contributed by atoms with Gasteiger partial charge in [-0.2, -0.15) is 5.10 Å². The molecule has 0 saturated heterocycles. The van der Waals surface area contributed by atoms with E-state index in [0.29, 0.717) is 25.5 Å². The van der Waals surface area contributed by atoms with Crippen LogP contribution in [-0.4, -0.2) is 53.2 Å². The summed E-state index contributed by atoms with van der Waals surface area (Å²) in [4.78, 5) is 23.1. The highest BCUT2D eigenvalue weighted by atomic mass is 79.9. The Morgan fingerprint density at radius 2 is 2.00 bits per heavy atom. The largest absolute Gasteiger partial charge is 0.352 e. The number of amides is 1. The first-order valence-electron chi connectivity index (χ1n) is 10.0. The molecule has 0 aliphatic heterocycles. The molecule has 0 radical (unpaired) electrons. The number of likely N-dealkylation sites (N-methyl/N-ethyl adjacent to an activating group) is 1. The van der Waals surface area contributed by atoms with E-state index in [-0.39, 0.29) is 17.3 Å². The highest BCUT2D eigenvalue weighted by Gasteiger charge is 2.26. The Morgan fingerprint density at radius 3 is 2.62 bits per heavy atom. The topological polar surface area (TPSA) is 73.7 Å². The van der Waals surface area contributed by atoms with Crippen molar-refractivity contribution in [1.82, 2.24) is 14.9 Å². The van der Waals surface area contributed by atoms with E-state index in [1.54, 1.807) is 19.3 Å². The number of nitrogens with zero attached hydrogens (tertiary/aromatic N) is 5. The zero-order valence-electron chi connectivity index (χ0n) is 18.4. The molecule has 7 nitrogen and oxygen atoms in total. The van der Waals surface area contributed by atoms with Crippen LogP contribution >= 0.6 is 15.9 Å². The van der Waals surface area contributed by atoms with Crippen LogP contribution in [0.5, 0.6) is 0 Å². The average molecular weight is 507 g/mol. The maximum atomic E-state index is 14.7. The van der Waals surface area contributed by atoms with Gasteiger partial charge in [-0.1, -0.05) is 18.8 Å². The molecule has 1 amide bonds. The van der Waals surface area contributed by atoms with Crippen molar-refractivity contribution in [3.05, 3.63) is 46.2 Å². The van der Waals surface area contributed by atoms with Gasteiger partial charge in [-0.25, -0.2) is 18.7 Å². The molecule has 32 heavy (non-hydrogen) atoms. The summed E-state index contributed by atoms with van der Waals surface area (Å²) in [6.07, 6.45) is 5.16. The summed E-state index contributed by atoms with van der Waals surface area (Å²) in [7, 11) is 1.48. The molecule has 0 saturated carbocycles. The van der Waals surface area contributed by atoms with Crippen molar-refractivity contribution in [3.8, 4) is 11.8 Å². The molecule has 0 bridgehead atoms. The number of rotatable bonds is 8. The van der Waals surface area contributed by atoms with Gasteiger partial charge in [-0.3, -0.25) is 9.80 Å². The SMILES string of the molecule is CCC#C/C=N\N(C)c1c(F)cc(F)cc1C(=O)N(CC)[C@@H](C)CNc1ncc(Br)cn1. The van der Waals surface area contributed by atoms with Crippen molar-refractivity contribution < 1.29 is 13.6 Å². The van der Waals surface area contributed by atoms with E-state index in [2.05, 4.69) is 48.2 Å². The summed E-state index contributed by atoms with van der Waals surface area (Å²) >= 11 is 3.27. The summed E-state index contributed by atoms with van der Waals surface area (Å²) in [6.45, 7) is 6.18. The third-order valence-corrected chi connectivity index (χ3v) is 4.88. The molecule has 0 unspecified atom stereocenters. The van der Waals surface area contributed by atoms with E-state index in [9.17, 15) is 13.6 Å². The van der Waals surface area contributed by atoms with Crippen LogP contribution in [-0.2, 0) is 0 Å². The second-order valence-electron chi connectivity index (χ2n) is 6.77. The minimum Gasteiger partial charge on any atom is -0.352 e. The monoisotopic (exact) mass is 506 g/mol. The quantitative estimate of drug-likeness (QED) is 0.328. The van der Waals surface area contributed by atoms with Gasteiger partial charge < -0.3 is 10.2 Å². The van der Waals surface area contributed by atoms with Crippen molar-refractivity contribution in [3.63, 3.8) is 0 Å². The van der Waals surface area contributed by atoms with Crippen molar-refractivity contribution in [2.45, 2.75) is 33.2 Å². The molecule has 10 heteroatoms. The number of anilines is 2. The molecule has 1 N–H and O–H groups in total. The maximum Gasteiger partial charge on any atom is 0.256 e. The van der Waals surface area contributed by atoms with Gasteiger partial charge in [0.1, 0.15) is 11.5 Å². The van der Waals surface area contributed by atoms with E-state index >= 15 is 0 Å². The summed E-state index contributed by atoms with van der Waals surface area (Å²) in [5.41, 5.74) is -0.250. The Balaban J connectivity index is 2.27. The summed E-state index contributed by atoms with van der Waals surface area (Å²) in [5, 5.41) is 8.29. The van der Waals surface area contributed by atoms with Gasteiger partial charge >= 0.3 is 0 Å². The number of carbonyl (C=O) groups excluding carboxylic acids is 1. The summed E-state index contributed by atoms with van der Waals surface area (Å²) in [6, 6.07) is 1.43. The van der Waals surface area contributed by atoms with Crippen molar-refractivity contribution in [2.75, 3.05) is 30.5 Å². The number of hydrogen-bond acceptors (Lipinski definition) is 6. The minimum atomic E-state index is -0.887. The molecule has 1 heterocycles. The second kappa shape index (κ2) is 12.1. The van der Waals surface area contributed by atoms with Crippen LogP contribution in [0.3, 0.4) is 0 Å². The highest BCUT2D eigenvalue weighted by molar-refractivity contribution is 9.10. The normalized spacial score (nSPS) is 11.6. The lowest BCUT2D eigenvalue weighted by molar-refractivity contribution is 0.0712. The van der Waals surface area contributed by atoms with Gasteiger partial charge in [0.25, 0.3) is 5.91 Å². The number of hydrogen-bond donors (Lipinski definition) is 1. The molecular formula is C22H25BrF2N6O. The van der Waals surface area contributed by atoms with E-state index in [1.807, 2.05) is 13.8 Å². The fraction of sp³-hybridized carbons (Fsp3) is 0.364. The van der Waals surface area contributed by atoms with Crippen LogP contribution in [0.2, 0.25) is 0 Å². The van der Waals surface area contributed by atoms with Crippen LogP contribution < -0.4 is 10.3 Å². The highest BCUT2D eigenvalue weighted by Crippen LogP contribution is 2.27. The van der Waals surface area contributed by atoms with Crippen LogP contribution in [0.4, 0.5) is 20.4 Å². The van der Waals surface area contributed by atoms with Crippen LogP contribution in [0.25, 0.3) is 0 Å². The van der Waals surface area contributed by atoms with Crippen molar-refractivity contribution in [2.24, 2.45) is 5.10 Å². The predicted octanol–water partition coefficient (Wildman–Crippen LogP) is 4.32. The molecule has 1 aromatic carbocycles. The van der Waals surface area contributed by atoms with Gasteiger partial charge in [0.05, 0.1) is 16.3 Å². The van der Waals surface area contributed by atoms with Crippen LogP contribution in [0.1, 0.15) is 37.6 Å².